The predicted molar refractivity (Wildman–Crippen MR) is 94.5 cm³/mol. The third kappa shape index (κ3) is 4.25. The van der Waals surface area contributed by atoms with Crippen molar-refractivity contribution in [2.24, 2.45) is 11.8 Å². The van der Waals surface area contributed by atoms with Gasteiger partial charge in [-0.15, -0.1) is 0 Å². The van der Waals surface area contributed by atoms with E-state index in [1.165, 1.54) is 12.1 Å². The third-order valence-corrected chi connectivity index (χ3v) is 4.40. The lowest BCUT2D eigenvalue weighted by molar-refractivity contribution is -0.125. The molecule has 5 nitrogen and oxygen atoms in total. The van der Waals surface area contributed by atoms with Crippen LogP contribution in [0, 0.1) is 29.0 Å². The molecule has 2 amide bonds. The van der Waals surface area contributed by atoms with E-state index in [2.05, 4.69) is 10.6 Å². The molecule has 2 aromatic rings. The van der Waals surface area contributed by atoms with E-state index in [1.807, 2.05) is 6.07 Å². The highest BCUT2D eigenvalue weighted by Gasteiger charge is 2.47. The van der Waals surface area contributed by atoms with Gasteiger partial charge in [-0.25, -0.2) is 4.39 Å². The number of para-hydroxylation sites is 1. The fourth-order valence-electron chi connectivity index (χ4n) is 2.80. The number of anilines is 1. The van der Waals surface area contributed by atoms with Gasteiger partial charge >= 0.3 is 0 Å². The molecule has 2 N–H and O–H groups in total. The highest BCUT2D eigenvalue weighted by atomic mass is 19.1. The number of halogens is 1. The van der Waals surface area contributed by atoms with Gasteiger partial charge in [0.05, 0.1) is 23.1 Å². The summed E-state index contributed by atoms with van der Waals surface area (Å²) in [4.78, 5) is 24.4. The molecule has 1 fully saturated rings. The Morgan fingerprint density at radius 3 is 2.50 bits per heavy atom. The normalized spacial score (nSPS) is 17.8. The highest BCUT2D eigenvalue weighted by Crippen LogP contribution is 2.39. The first-order chi connectivity index (χ1) is 12.6. The van der Waals surface area contributed by atoms with Crippen LogP contribution in [-0.2, 0) is 16.0 Å². The van der Waals surface area contributed by atoms with Crippen LogP contribution >= 0.6 is 0 Å². The van der Waals surface area contributed by atoms with E-state index >= 15 is 0 Å². The fraction of sp³-hybridized carbons (Fsp3) is 0.250. The van der Waals surface area contributed by atoms with Crippen LogP contribution in [0.5, 0.6) is 0 Å². The van der Waals surface area contributed by atoms with Crippen molar-refractivity contribution in [1.29, 1.82) is 5.26 Å². The maximum atomic E-state index is 12.8. The summed E-state index contributed by atoms with van der Waals surface area (Å²) in [5.74, 6) is -1.39. The first-order valence-corrected chi connectivity index (χ1v) is 8.40. The number of carbonyl (C=O) groups excluding carboxylic acids is 2. The average Bonchev–Trinajstić information content (AvgIpc) is 3.45. The Bertz CT molecular complexity index is 858. The second-order valence-electron chi connectivity index (χ2n) is 6.26. The van der Waals surface area contributed by atoms with Crippen molar-refractivity contribution in [3.05, 3.63) is 65.5 Å². The van der Waals surface area contributed by atoms with E-state index in [9.17, 15) is 14.0 Å². The van der Waals surface area contributed by atoms with Gasteiger partial charge in [-0.2, -0.15) is 5.26 Å². The Morgan fingerprint density at radius 2 is 1.77 bits per heavy atom. The minimum atomic E-state index is -0.368. The van der Waals surface area contributed by atoms with E-state index in [0.717, 1.165) is 5.56 Å². The molecule has 0 saturated heterocycles. The van der Waals surface area contributed by atoms with Crippen LogP contribution in [0.2, 0.25) is 0 Å². The second kappa shape index (κ2) is 7.79. The minimum Gasteiger partial charge on any atom is -0.356 e. The number of rotatable bonds is 6. The smallest absolute Gasteiger partial charge is 0.228 e. The zero-order valence-electron chi connectivity index (χ0n) is 14.0. The molecule has 2 aromatic carbocycles. The molecule has 0 bridgehead atoms. The lowest BCUT2D eigenvalue weighted by Gasteiger charge is -2.07. The summed E-state index contributed by atoms with van der Waals surface area (Å²) in [5.41, 5.74) is 1.79. The molecule has 0 aliphatic heterocycles. The summed E-state index contributed by atoms with van der Waals surface area (Å²) in [6, 6.07) is 14.9. The van der Waals surface area contributed by atoms with Crippen molar-refractivity contribution >= 4 is 17.5 Å². The average molecular weight is 351 g/mol. The van der Waals surface area contributed by atoms with Crippen molar-refractivity contribution < 1.29 is 14.0 Å². The van der Waals surface area contributed by atoms with Gasteiger partial charge in [-0.3, -0.25) is 9.59 Å². The van der Waals surface area contributed by atoms with E-state index in [4.69, 9.17) is 5.26 Å². The van der Waals surface area contributed by atoms with Gasteiger partial charge in [0.15, 0.2) is 0 Å². The molecule has 1 aliphatic rings. The maximum absolute atomic E-state index is 12.8. The largest absolute Gasteiger partial charge is 0.356 e. The number of nitrogens with one attached hydrogen (secondary N) is 2. The summed E-state index contributed by atoms with van der Waals surface area (Å²) < 4.78 is 12.8. The molecule has 0 spiro atoms. The number of amides is 2. The summed E-state index contributed by atoms with van der Waals surface area (Å²) >= 11 is 0. The molecule has 0 heterocycles. The topological polar surface area (TPSA) is 82.0 Å². The number of hydrogen-bond donors (Lipinski definition) is 2. The summed E-state index contributed by atoms with van der Waals surface area (Å²) in [6.07, 6.45) is 1.11. The van der Waals surface area contributed by atoms with Crippen molar-refractivity contribution in [2.75, 3.05) is 11.9 Å². The molecule has 26 heavy (non-hydrogen) atoms. The van der Waals surface area contributed by atoms with Crippen LogP contribution in [0.25, 0.3) is 0 Å². The molecule has 1 saturated carbocycles. The van der Waals surface area contributed by atoms with Crippen LogP contribution in [0.4, 0.5) is 10.1 Å². The van der Waals surface area contributed by atoms with Gasteiger partial charge in [0.1, 0.15) is 11.9 Å². The van der Waals surface area contributed by atoms with Gasteiger partial charge < -0.3 is 10.6 Å². The number of carbonyl (C=O) groups is 2. The lowest BCUT2D eigenvalue weighted by atomic mass is 10.1. The molecule has 2 unspecified atom stereocenters. The monoisotopic (exact) mass is 351 g/mol. The molecular formula is C20H18FN3O2. The van der Waals surface area contributed by atoms with E-state index in [1.54, 1.807) is 36.4 Å². The Morgan fingerprint density at radius 1 is 1.08 bits per heavy atom. The van der Waals surface area contributed by atoms with Crippen molar-refractivity contribution in [2.45, 2.75) is 12.8 Å². The van der Waals surface area contributed by atoms with Crippen LogP contribution in [0.15, 0.2) is 48.5 Å². The minimum absolute atomic E-state index is 0.152. The summed E-state index contributed by atoms with van der Waals surface area (Å²) in [7, 11) is 0. The molecule has 2 atom stereocenters. The van der Waals surface area contributed by atoms with Gasteiger partial charge in [0, 0.05) is 6.54 Å². The van der Waals surface area contributed by atoms with Gasteiger partial charge in [0.25, 0.3) is 0 Å². The van der Waals surface area contributed by atoms with Crippen LogP contribution in [0.1, 0.15) is 17.5 Å². The molecule has 132 valence electrons. The molecule has 0 aromatic heterocycles. The van der Waals surface area contributed by atoms with E-state index < -0.39 is 0 Å². The van der Waals surface area contributed by atoms with Crippen molar-refractivity contribution in [3.8, 4) is 6.07 Å². The number of benzene rings is 2. The van der Waals surface area contributed by atoms with Crippen LogP contribution in [-0.4, -0.2) is 18.4 Å². The maximum Gasteiger partial charge on any atom is 0.228 e. The SMILES string of the molecule is N#Cc1ccccc1NC(=O)C1CC1C(=O)NCCc1ccc(F)cc1. The zero-order valence-corrected chi connectivity index (χ0v) is 14.0. The molecular weight excluding hydrogens is 333 g/mol. The molecule has 0 radical (unpaired) electrons. The summed E-state index contributed by atoms with van der Waals surface area (Å²) in [6.45, 7) is 0.437. The Balaban J connectivity index is 1.45. The van der Waals surface area contributed by atoms with Crippen LogP contribution < -0.4 is 10.6 Å². The summed E-state index contributed by atoms with van der Waals surface area (Å²) in [5, 5.41) is 14.6. The number of nitrogens with zero attached hydrogens (tertiary/aromatic N) is 1. The van der Waals surface area contributed by atoms with Gasteiger partial charge in [-0.05, 0) is 42.7 Å². The fourth-order valence-corrected chi connectivity index (χ4v) is 2.80. The lowest BCUT2D eigenvalue weighted by Crippen LogP contribution is -2.29. The predicted octanol–water partition coefficient (Wildman–Crippen LogP) is 2.63. The molecule has 6 heteroatoms. The number of hydrogen-bond acceptors (Lipinski definition) is 3. The van der Waals surface area contributed by atoms with Crippen molar-refractivity contribution in [1.82, 2.24) is 5.32 Å². The standard InChI is InChI=1S/C20H18FN3O2/c21-15-7-5-13(6-8-15)9-10-23-19(25)16-11-17(16)20(26)24-18-4-2-1-3-14(18)12-22/h1-8,16-17H,9-11H2,(H,23,25)(H,24,26). The molecule has 1 aliphatic carbocycles. The zero-order chi connectivity index (χ0) is 18.5. The van der Waals surface area contributed by atoms with Gasteiger partial charge in [0.2, 0.25) is 11.8 Å². The van der Waals surface area contributed by atoms with E-state index in [-0.39, 0.29) is 29.5 Å². The Labute approximate surface area is 150 Å². The third-order valence-electron chi connectivity index (χ3n) is 4.40. The van der Waals surface area contributed by atoms with E-state index in [0.29, 0.717) is 30.6 Å². The van der Waals surface area contributed by atoms with Crippen molar-refractivity contribution in [3.63, 3.8) is 0 Å². The Kier molecular flexibility index (Phi) is 5.28. The number of nitriles is 1. The first kappa shape index (κ1) is 17.6. The quantitative estimate of drug-likeness (QED) is 0.839. The Hall–Kier alpha value is -3.20. The van der Waals surface area contributed by atoms with Gasteiger partial charge in [-0.1, -0.05) is 24.3 Å². The second-order valence-corrected chi connectivity index (χ2v) is 6.26. The molecule has 3 rings (SSSR count). The highest BCUT2D eigenvalue weighted by molar-refractivity contribution is 6.00. The van der Waals surface area contributed by atoms with Crippen LogP contribution in [0.3, 0.4) is 0 Å². The first-order valence-electron chi connectivity index (χ1n) is 8.40.